The topological polar surface area (TPSA) is 64.3 Å². The maximum absolute atomic E-state index is 11.5. The van der Waals surface area contributed by atoms with Crippen molar-refractivity contribution in [3.8, 4) is 0 Å². The molecule has 0 aliphatic carbocycles. The van der Waals surface area contributed by atoms with Crippen LogP contribution in [0, 0.1) is 5.92 Å². The number of ether oxygens (including phenoxy) is 1. The molecule has 0 fully saturated rings. The van der Waals surface area contributed by atoms with Crippen LogP contribution in [0.25, 0.3) is 0 Å². The second-order valence-electron chi connectivity index (χ2n) is 4.93. The molecule has 0 spiro atoms. The minimum absolute atomic E-state index is 0.306. The van der Waals surface area contributed by atoms with E-state index >= 15 is 0 Å². The van der Waals surface area contributed by atoms with Gasteiger partial charge in [0.25, 0.3) is 0 Å². The van der Waals surface area contributed by atoms with Crippen molar-refractivity contribution in [1.29, 1.82) is 0 Å². The Kier molecular flexibility index (Phi) is 5.01. The first-order valence-corrected chi connectivity index (χ1v) is 6.19. The summed E-state index contributed by atoms with van der Waals surface area (Å²) >= 11 is 0. The molecule has 4 heteroatoms. The van der Waals surface area contributed by atoms with Gasteiger partial charge in [0.05, 0.1) is 24.0 Å². The SMILES string of the molecule is COC(=O)c1cccc(NC(C)CC(C)C)c1N. The molecular weight excluding hydrogens is 228 g/mol. The highest BCUT2D eigenvalue weighted by atomic mass is 16.5. The van der Waals surface area contributed by atoms with Crippen molar-refractivity contribution in [2.45, 2.75) is 33.2 Å². The van der Waals surface area contributed by atoms with Gasteiger partial charge in [-0.05, 0) is 31.4 Å². The highest BCUT2D eigenvalue weighted by Gasteiger charge is 2.14. The normalized spacial score (nSPS) is 12.3. The van der Waals surface area contributed by atoms with Crippen LogP contribution in [-0.4, -0.2) is 19.1 Å². The summed E-state index contributed by atoms with van der Waals surface area (Å²) in [5, 5.41) is 3.33. The van der Waals surface area contributed by atoms with E-state index in [4.69, 9.17) is 10.5 Å². The third-order valence-electron chi connectivity index (χ3n) is 2.74. The van der Waals surface area contributed by atoms with Gasteiger partial charge in [-0.1, -0.05) is 19.9 Å². The van der Waals surface area contributed by atoms with E-state index < -0.39 is 5.97 Å². The molecule has 0 bridgehead atoms. The Labute approximate surface area is 109 Å². The molecule has 1 atom stereocenters. The number of anilines is 2. The molecule has 0 saturated heterocycles. The highest BCUT2D eigenvalue weighted by molar-refractivity contribution is 5.98. The monoisotopic (exact) mass is 250 g/mol. The Hall–Kier alpha value is -1.71. The number of esters is 1. The standard InChI is InChI=1S/C14H22N2O2/c1-9(2)8-10(3)16-12-7-5-6-11(13(12)15)14(17)18-4/h5-7,9-10,16H,8,15H2,1-4H3. The minimum Gasteiger partial charge on any atom is -0.465 e. The number of nitrogen functional groups attached to an aromatic ring is 1. The molecule has 3 N–H and O–H groups in total. The van der Waals surface area contributed by atoms with Crippen LogP contribution in [0.15, 0.2) is 18.2 Å². The van der Waals surface area contributed by atoms with Crippen LogP contribution in [-0.2, 0) is 4.74 Å². The Balaban J connectivity index is 2.87. The van der Waals surface area contributed by atoms with E-state index in [1.54, 1.807) is 12.1 Å². The van der Waals surface area contributed by atoms with Crippen LogP contribution < -0.4 is 11.1 Å². The first-order valence-electron chi connectivity index (χ1n) is 6.19. The van der Waals surface area contributed by atoms with Crippen LogP contribution in [0.2, 0.25) is 0 Å². The fourth-order valence-electron chi connectivity index (χ4n) is 2.01. The number of nitrogens with two attached hydrogens (primary N) is 1. The fraction of sp³-hybridized carbons (Fsp3) is 0.500. The lowest BCUT2D eigenvalue weighted by Gasteiger charge is -2.19. The summed E-state index contributed by atoms with van der Waals surface area (Å²) in [6.07, 6.45) is 1.04. The molecule has 0 aromatic heterocycles. The maximum Gasteiger partial charge on any atom is 0.340 e. The number of carbonyl (C=O) groups excluding carboxylic acids is 1. The number of carbonyl (C=O) groups is 1. The third kappa shape index (κ3) is 3.65. The molecule has 4 nitrogen and oxygen atoms in total. The highest BCUT2D eigenvalue weighted by Crippen LogP contribution is 2.25. The molecule has 1 rings (SSSR count). The molecule has 1 aromatic carbocycles. The Morgan fingerprint density at radius 3 is 2.61 bits per heavy atom. The van der Waals surface area contributed by atoms with Crippen LogP contribution in [0.1, 0.15) is 37.6 Å². The van der Waals surface area contributed by atoms with Crippen molar-refractivity contribution in [2.75, 3.05) is 18.2 Å². The molecule has 0 saturated carbocycles. The van der Waals surface area contributed by atoms with Crippen LogP contribution in [0.5, 0.6) is 0 Å². The van der Waals surface area contributed by atoms with Gasteiger partial charge in [0, 0.05) is 6.04 Å². The molecular formula is C14H22N2O2. The zero-order valence-corrected chi connectivity index (χ0v) is 11.5. The smallest absolute Gasteiger partial charge is 0.340 e. The number of hydrogen-bond acceptors (Lipinski definition) is 4. The van der Waals surface area contributed by atoms with Crippen molar-refractivity contribution >= 4 is 17.3 Å². The Morgan fingerprint density at radius 1 is 1.39 bits per heavy atom. The van der Waals surface area contributed by atoms with Gasteiger partial charge in [-0.25, -0.2) is 4.79 Å². The number of para-hydroxylation sites is 1. The molecule has 1 unspecified atom stereocenters. The zero-order chi connectivity index (χ0) is 13.7. The van der Waals surface area contributed by atoms with Crippen LogP contribution in [0.4, 0.5) is 11.4 Å². The molecule has 1 aromatic rings. The van der Waals surface area contributed by atoms with E-state index in [0.29, 0.717) is 23.2 Å². The molecule has 0 heterocycles. The van der Waals surface area contributed by atoms with Gasteiger partial charge in [0.1, 0.15) is 0 Å². The molecule has 0 radical (unpaired) electrons. The summed E-state index contributed by atoms with van der Waals surface area (Å²) in [5.74, 6) is 0.199. The van der Waals surface area contributed by atoms with Gasteiger partial charge in [-0.2, -0.15) is 0 Å². The maximum atomic E-state index is 11.5. The van der Waals surface area contributed by atoms with E-state index in [9.17, 15) is 4.79 Å². The lowest BCUT2D eigenvalue weighted by Crippen LogP contribution is -2.19. The summed E-state index contributed by atoms with van der Waals surface area (Å²) in [6, 6.07) is 5.64. The van der Waals surface area contributed by atoms with Gasteiger partial charge in [-0.3, -0.25) is 0 Å². The number of nitrogens with one attached hydrogen (secondary N) is 1. The average Bonchev–Trinajstić information content (AvgIpc) is 2.30. The van der Waals surface area contributed by atoms with Gasteiger partial charge >= 0.3 is 5.97 Å². The second-order valence-corrected chi connectivity index (χ2v) is 4.93. The summed E-state index contributed by atoms with van der Waals surface area (Å²) in [4.78, 5) is 11.5. The van der Waals surface area contributed by atoms with Gasteiger partial charge in [0.15, 0.2) is 0 Å². The quantitative estimate of drug-likeness (QED) is 0.623. The molecule has 100 valence electrons. The predicted octanol–water partition coefficient (Wildman–Crippen LogP) is 2.90. The van der Waals surface area contributed by atoms with Crippen LogP contribution >= 0.6 is 0 Å². The minimum atomic E-state index is -0.410. The van der Waals surface area contributed by atoms with E-state index in [0.717, 1.165) is 12.1 Å². The first kappa shape index (κ1) is 14.4. The lowest BCUT2D eigenvalue weighted by atomic mass is 10.0. The number of methoxy groups -OCH3 is 1. The fourth-order valence-corrected chi connectivity index (χ4v) is 2.01. The van der Waals surface area contributed by atoms with Crippen molar-refractivity contribution in [1.82, 2.24) is 0 Å². The number of benzene rings is 1. The van der Waals surface area contributed by atoms with E-state index in [2.05, 4.69) is 26.1 Å². The lowest BCUT2D eigenvalue weighted by molar-refractivity contribution is 0.0602. The van der Waals surface area contributed by atoms with E-state index in [-0.39, 0.29) is 0 Å². The summed E-state index contributed by atoms with van der Waals surface area (Å²) in [6.45, 7) is 6.45. The predicted molar refractivity (Wildman–Crippen MR) is 74.7 cm³/mol. The first-order chi connectivity index (χ1) is 8.45. The average molecular weight is 250 g/mol. The molecule has 0 aliphatic rings. The van der Waals surface area contributed by atoms with Crippen molar-refractivity contribution in [3.05, 3.63) is 23.8 Å². The van der Waals surface area contributed by atoms with Gasteiger partial charge in [0.2, 0.25) is 0 Å². The third-order valence-corrected chi connectivity index (χ3v) is 2.74. The van der Waals surface area contributed by atoms with Gasteiger partial charge in [-0.15, -0.1) is 0 Å². The summed E-state index contributed by atoms with van der Waals surface area (Å²) < 4.78 is 4.69. The zero-order valence-electron chi connectivity index (χ0n) is 11.5. The van der Waals surface area contributed by atoms with E-state index in [1.807, 2.05) is 6.07 Å². The second kappa shape index (κ2) is 6.28. The number of rotatable bonds is 5. The van der Waals surface area contributed by atoms with Crippen molar-refractivity contribution in [2.24, 2.45) is 5.92 Å². The van der Waals surface area contributed by atoms with Gasteiger partial charge < -0.3 is 15.8 Å². The Morgan fingerprint density at radius 2 is 2.06 bits per heavy atom. The number of hydrogen-bond donors (Lipinski definition) is 2. The molecule has 0 amide bonds. The van der Waals surface area contributed by atoms with Crippen molar-refractivity contribution in [3.63, 3.8) is 0 Å². The van der Waals surface area contributed by atoms with Crippen molar-refractivity contribution < 1.29 is 9.53 Å². The summed E-state index contributed by atoms with van der Waals surface area (Å²) in [5.41, 5.74) is 7.61. The largest absolute Gasteiger partial charge is 0.465 e. The Bertz CT molecular complexity index is 416. The summed E-state index contributed by atoms with van der Waals surface area (Å²) in [7, 11) is 1.35. The van der Waals surface area contributed by atoms with Crippen LogP contribution in [0.3, 0.4) is 0 Å². The molecule has 18 heavy (non-hydrogen) atoms. The molecule has 0 aliphatic heterocycles. The van der Waals surface area contributed by atoms with E-state index in [1.165, 1.54) is 7.11 Å².